The monoisotopic (exact) mass is 299 g/mol. The molecule has 1 aromatic carbocycles. The van der Waals surface area contributed by atoms with Crippen LogP contribution in [0.15, 0.2) is 23.0 Å². The molecule has 0 saturated carbocycles. The van der Waals surface area contributed by atoms with Gasteiger partial charge in [-0.25, -0.2) is 0 Å². The van der Waals surface area contributed by atoms with Gasteiger partial charge in [-0.05, 0) is 19.1 Å². The topological polar surface area (TPSA) is 59.3 Å². The first-order valence-electron chi connectivity index (χ1n) is 5.67. The maximum atomic E-state index is 12.0. The largest absolute Gasteiger partial charge is 0.481 e. The van der Waals surface area contributed by atoms with Crippen LogP contribution in [0.2, 0.25) is 10.0 Å². The van der Waals surface area contributed by atoms with E-state index in [2.05, 4.69) is 0 Å². The van der Waals surface area contributed by atoms with Crippen molar-refractivity contribution < 1.29 is 9.90 Å². The molecule has 0 radical (unpaired) electrons. The minimum absolute atomic E-state index is 0.219. The van der Waals surface area contributed by atoms with Gasteiger partial charge in [0.15, 0.2) is 5.43 Å². The van der Waals surface area contributed by atoms with Crippen molar-refractivity contribution in [1.29, 1.82) is 0 Å². The first-order valence-corrected chi connectivity index (χ1v) is 6.43. The molecule has 0 aliphatic carbocycles. The molecule has 100 valence electrons. The van der Waals surface area contributed by atoms with E-state index in [4.69, 9.17) is 28.3 Å². The molecule has 0 amide bonds. The molecule has 1 N–H and O–H groups in total. The minimum atomic E-state index is -0.992. The number of halogens is 2. The smallest absolute Gasteiger partial charge is 0.309 e. The Morgan fingerprint density at radius 1 is 1.32 bits per heavy atom. The van der Waals surface area contributed by atoms with E-state index in [1.807, 2.05) is 6.92 Å². The Morgan fingerprint density at radius 2 is 2.00 bits per heavy atom. The number of carboxylic acid groups (broad SMARTS) is 1. The molecule has 1 aromatic heterocycles. The zero-order chi connectivity index (χ0) is 14.2. The Labute approximate surface area is 119 Å². The molecule has 4 nitrogen and oxygen atoms in total. The van der Waals surface area contributed by atoms with Crippen LogP contribution in [0, 0.1) is 0 Å². The average Bonchev–Trinajstić information content (AvgIpc) is 2.26. The van der Waals surface area contributed by atoms with Crippen LogP contribution in [0.1, 0.15) is 12.6 Å². The lowest BCUT2D eigenvalue weighted by Crippen LogP contribution is -2.16. The third kappa shape index (κ3) is 2.60. The maximum Gasteiger partial charge on any atom is 0.309 e. The molecule has 1 heterocycles. The van der Waals surface area contributed by atoms with E-state index in [0.29, 0.717) is 28.2 Å². The van der Waals surface area contributed by atoms with Crippen LogP contribution in [0.25, 0.3) is 10.9 Å². The fraction of sp³-hybridized carbons (Fsp3) is 0.231. The lowest BCUT2D eigenvalue weighted by atomic mass is 10.1. The zero-order valence-corrected chi connectivity index (χ0v) is 11.6. The molecule has 19 heavy (non-hydrogen) atoms. The van der Waals surface area contributed by atoms with Crippen molar-refractivity contribution in [2.75, 3.05) is 0 Å². The molecule has 2 rings (SSSR count). The number of fused-ring (bicyclic) bond motifs is 1. The number of aliphatic carboxylic acids is 1. The van der Waals surface area contributed by atoms with Crippen molar-refractivity contribution in [2.45, 2.75) is 19.9 Å². The fourth-order valence-corrected chi connectivity index (χ4v) is 2.72. The summed E-state index contributed by atoms with van der Waals surface area (Å²) >= 11 is 12.0. The van der Waals surface area contributed by atoms with Crippen LogP contribution >= 0.6 is 23.2 Å². The summed E-state index contributed by atoms with van der Waals surface area (Å²) in [6, 6.07) is 4.45. The zero-order valence-electron chi connectivity index (χ0n) is 10.1. The Balaban J connectivity index is 2.89. The van der Waals surface area contributed by atoms with Crippen molar-refractivity contribution in [2.24, 2.45) is 0 Å². The quantitative estimate of drug-likeness (QED) is 0.948. The van der Waals surface area contributed by atoms with E-state index in [0.717, 1.165) is 0 Å². The molecule has 0 saturated heterocycles. The Hall–Kier alpha value is -1.52. The van der Waals surface area contributed by atoms with Gasteiger partial charge in [-0.15, -0.1) is 0 Å². The van der Waals surface area contributed by atoms with Crippen molar-refractivity contribution in [3.63, 3.8) is 0 Å². The van der Waals surface area contributed by atoms with Crippen molar-refractivity contribution >= 4 is 40.1 Å². The summed E-state index contributed by atoms with van der Waals surface area (Å²) in [4.78, 5) is 22.9. The molecule has 0 fully saturated rings. The number of carboxylic acids is 1. The second-order valence-electron chi connectivity index (χ2n) is 4.10. The Morgan fingerprint density at radius 3 is 2.58 bits per heavy atom. The van der Waals surface area contributed by atoms with E-state index in [-0.39, 0.29) is 16.9 Å². The van der Waals surface area contributed by atoms with Crippen molar-refractivity contribution in [3.8, 4) is 0 Å². The van der Waals surface area contributed by atoms with Gasteiger partial charge in [0.1, 0.15) is 0 Å². The van der Waals surface area contributed by atoms with Gasteiger partial charge in [0.25, 0.3) is 0 Å². The lowest BCUT2D eigenvalue weighted by Gasteiger charge is -2.15. The summed E-state index contributed by atoms with van der Waals surface area (Å²) in [7, 11) is 0. The van der Waals surface area contributed by atoms with Crippen LogP contribution in [-0.2, 0) is 17.8 Å². The molecule has 0 aliphatic rings. The average molecular weight is 300 g/mol. The standard InChI is InChI=1S/C13H11Cl2NO3/c1-2-16-8(6-12(18)19)5-11(17)13-9(15)3-7(14)4-10(13)16/h3-5H,2,6H2,1H3,(H,18,19). The van der Waals surface area contributed by atoms with Gasteiger partial charge < -0.3 is 9.67 Å². The second kappa shape index (κ2) is 5.23. The van der Waals surface area contributed by atoms with E-state index in [1.165, 1.54) is 12.1 Å². The molecule has 0 atom stereocenters. The predicted octanol–water partition coefficient (Wildman–Crippen LogP) is 2.96. The summed E-state index contributed by atoms with van der Waals surface area (Å²) in [6.45, 7) is 2.39. The van der Waals surface area contributed by atoms with Crippen molar-refractivity contribution in [1.82, 2.24) is 4.57 Å². The molecule has 0 unspecified atom stereocenters. The Bertz CT molecular complexity index is 722. The van der Waals surface area contributed by atoms with E-state index < -0.39 is 5.97 Å². The van der Waals surface area contributed by atoms with E-state index >= 15 is 0 Å². The number of hydrogen-bond acceptors (Lipinski definition) is 2. The highest BCUT2D eigenvalue weighted by Gasteiger charge is 2.13. The van der Waals surface area contributed by atoms with Gasteiger partial charge in [0.2, 0.25) is 0 Å². The SMILES string of the molecule is CCn1c(CC(=O)O)cc(=O)c2c(Cl)cc(Cl)cc21. The molecule has 0 aliphatic heterocycles. The molecule has 2 aromatic rings. The molecule has 6 heteroatoms. The van der Waals surface area contributed by atoms with Gasteiger partial charge in [-0.3, -0.25) is 9.59 Å². The number of hydrogen-bond donors (Lipinski definition) is 1. The Kier molecular flexibility index (Phi) is 3.83. The highest BCUT2D eigenvalue weighted by Crippen LogP contribution is 2.26. The van der Waals surface area contributed by atoms with Crippen LogP contribution in [-0.4, -0.2) is 15.6 Å². The highest BCUT2D eigenvalue weighted by atomic mass is 35.5. The van der Waals surface area contributed by atoms with Gasteiger partial charge >= 0.3 is 5.97 Å². The second-order valence-corrected chi connectivity index (χ2v) is 4.94. The summed E-state index contributed by atoms with van der Waals surface area (Å²) in [5, 5.41) is 9.94. The number of nitrogens with zero attached hydrogens (tertiary/aromatic N) is 1. The number of aryl methyl sites for hydroxylation is 1. The van der Waals surface area contributed by atoms with Gasteiger partial charge in [-0.2, -0.15) is 0 Å². The highest BCUT2D eigenvalue weighted by molar-refractivity contribution is 6.38. The third-order valence-electron chi connectivity index (χ3n) is 2.86. The van der Waals surface area contributed by atoms with E-state index in [1.54, 1.807) is 10.6 Å². The summed E-state index contributed by atoms with van der Waals surface area (Å²) < 4.78 is 1.74. The van der Waals surface area contributed by atoms with Crippen LogP contribution in [0.3, 0.4) is 0 Å². The number of rotatable bonds is 3. The maximum absolute atomic E-state index is 12.0. The van der Waals surface area contributed by atoms with Crippen LogP contribution < -0.4 is 5.43 Å². The summed E-state index contributed by atoms with van der Waals surface area (Å²) in [6.07, 6.45) is -0.219. The molecular weight excluding hydrogens is 289 g/mol. The van der Waals surface area contributed by atoms with Crippen molar-refractivity contribution in [3.05, 3.63) is 44.2 Å². The first-order chi connectivity index (χ1) is 8.93. The molecule has 0 spiro atoms. The molecule has 0 bridgehead atoms. The van der Waals surface area contributed by atoms with Crippen LogP contribution in [0.4, 0.5) is 0 Å². The summed E-state index contributed by atoms with van der Waals surface area (Å²) in [5.74, 6) is -0.992. The lowest BCUT2D eigenvalue weighted by molar-refractivity contribution is -0.136. The number of aromatic nitrogens is 1. The minimum Gasteiger partial charge on any atom is -0.481 e. The van der Waals surface area contributed by atoms with Gasteiger partial charge in [-0.1, -0.05) is 23.2 Å². The van der Waals surface area contributed by atoms with Gasteiger partial charge in [0.05, 0.1) is 22.3 Å². The predicted molar refractivity (Wildman–Crippen MR) is 75.2 cm³/mol. The number of carbonyl (C=O) groups is 1. The third-order valence-corrected chi connectivity index (χ3v) is 3.38. The van der Waals surface area contributed by atoms with Crippen LogP contribution in [0.5, 0.6) is 0 Å². The fourth-order valence-electron chi connectivity index (χ4n) is 2.15. The van der Waals surface area contributed by atoms with E-state index in [9.17, 15) is 9.59 Å². The number of benzene rings is 1. The van der Waals surface area contributed by atoms with Gasteiger partial charge in [0, 0.05) is 23.3 Å². The normalized spacial score (nSPS) is 10.9. The first kappa shape index (κ1) is 13.9. The molecular formula is C13H11Cl2NO3. The summed E-state index contributed by atoms with van der Waals surface area (Å²) in [5.41, 5.74) is 0.701. The number of pyridine rings is 1.